The van der Waals surface area contributed by atoms with Crippen LogP contribution in [0.4, 0.5) is 19.6 Å². The maximum atomic E-state index is 13.8. The molecule has 0 aliphatic carbocycles. The van der Waals surface area contributed by atoms with E-state index in [1.54, 1.807) is 26.0 Å². The number of thiazole rings is 1. The first-order valence-corrected chi connectivity index (χ1v) is 13.6. The lowest BCUT2D eigenvalue weighted by Gasteiger charge is -2.52. The Bertz CT molecular complexity index is 1610. The summed E-state index contributed by atoms with van der Waals surface area (Å²) < 4.78 is 48.4. The lowest BCUT2D eigenvalue weighted by Crippen LogP contribution is -2.64. The zero-order valence-corrected chi connectivity index (χ0v) is 23.1. The molecule has 14 heteroatoms. The second-order valence-corrected chi connectivity index (χ2v) is 11.6. The van der Waals surface area contributed by atoms with Crippen molar-refractivity contribution in [2.75, 3.05) is 37.1 Å². The summed E-state index contributed by atoms with van der Waals surface area (Å²) in [6, 6.07) is 8.08. The molecule has 2 aromatic carbocycles. The number of anilines is 2. The van der Waals surface area contributed by atoms with Crippen molar-refractivity contribution in [2.45, 2.75) is 38.6 Å². The number of aromatic nitrogens is 1. The number of hydrogen-bond acceptors (Lipinski definition) is 10. The highest BCUT2D eigenvalue weighted by Gasteiger charge is 2.45. The Morgan fingerprint density at radius 2 is 1.93 bits per heavy atom. The van der Waals surface area contributed by atoms with Gasteiger partial charge in [-0.25, -0.2) is 4.98 Å². The van der Waals surface area contributed by atoms with E-state index in [4.69, 9.17) is 14.5 Å². The van der Waals surface area contributed by atoms with Gasteiger partial charge in [0.05, 0.1) is 65.4 Å². The Labute approximate surface area is 236 Å². The fourth-order valence-corrected chi connectivity index (χ4v) is 6.26. The van der Waals surface area contributed by atoms with Gasteiger partial charge in [-0.1, -0.05) is 11.3 Å². The van der Waals surface area contributed by atoms with Gasteiger partial charge in [-0.15, -0.1) is 8.78 Å². The molecule has 2 atom stereocenters. The van der Waals surface area contributed by atoms with E-state index in [0.29, 0.717) is 23.4 Å². The molecule has 2 bridgehead atoms. The van der Waals surface area contributed by atoms with E-state index in [2.05, 4.69) is 31.1 Å². The second-order valence-electron chi connectivity index (χ2n) is 10.6. The molecule has 2 amide bonds. The predicted octanol–water partition coefficient (Wildman–Crippen LogP) is 4.14. The van der Waals surface area contributed by atoms with Gasteiger partial charge in [0.25, 0.3) is 11.8 Å². The Kier molecular flexibility index (Phi) is 6.39. The molecule has 1 aromatic heterocycles. The smallest absolute Gasteiger partial charge is 0.496 e. The van der Waals surface area contributed by atoms with Crippen molar-refractivity contribution < 1.29 is 37.3 Å². The average Bonchev–Trinajstić information content (AvgIpc) is 3.49. The van der Waals surface area contributed by atoms with E-state index >= 15 is 0 Å². The van der Waals surface area contributed by atoms with Gasteiger partial charge in [-0.05, 0) is 38.5 Å². The highest BCUT2D eigenvalue weighted by molar-refractivity contribution is 7.22. The molecular formula is C27H25F2N5O6S. The number of methoxy groups -OCH3 is 1. The summed E-state index contributed by atoms with van der Waals surface area (Å²) in [5.74, 6) is -1.80. The summed E-state index contributed by atoms with van der Waals surface area (Å²) in [5, 5.41) is 15.3. The molecule has 2 unspecified atom stereocenters. The van der Waals surface area contributed by atoms with Gasteiger partial charge in [0.15, 0.2) is 16.6 Å². The number of nitrogens with zero attached hydrogens (tertiary/aromatic N) is 3. The first kappa shape index (κ1) is 27.0. The third-order valence-corrected chi connectivity index (χ3v) is 8.26. The van der Waals surface area contributed by atoms with Crippen LogP contribution in [0.25, 0.3) is 10.2 Å². The van der Waals surface area contributed by atoms with Crippen LogP contribution in [0.15, 0.2) is 24.3 Å². The van der Waals surface area contributed by atoms with Crippen LogP contribution < -0.4 is 29.7 Å². The fraction of sp³-hybridized carbons (Fsp3) is 0.407. The lowest BCUT2D eigenvalue weighted by atomic mass is 9.92. The Balaban J connectivity index is 1.36. The van der Waals surface area contributed by atoms with E-state index in [9.17, 15) is 23.6 Å². The maximum absolute atomic E-state index is 13.8. The van der Waals surface area contributed by atoms with Crippen LogP contribution in [-0.4, -0.2) is 62.0 Å². The number of ether oxygens (including phenoxy) is 4. The number of carbonyl (C=O) groups is 2. The summed E-state index contributed by atoms with van der Waals surface area (Å²) in [6.07, 6.45) is -2.91. The van der Waals surface area contributed by atoms with Crippen LogP contribution >= 0.6 is 11.3 Å². The molecule has 41 heavy (non-hydrogen) atoms. The molecular weight excluding hydrogens is 560 g/mol. The molecule has 6 rings (SSSR count). The zero-order chi connectivity index (χ0) is 29.1. The highest BCUT2D eigenvalue weighted by Crippen LogP contribution is 2.45. The Morgan fingerprint density at radius 1 is 1.22 bits per heavy atom. The fourth-order valence-electron chi connectivity index (χ4n) is 5.02. The van der Waals surface area contributed by atoms with Crippen molar-refractivity contribution in [3.8, 4) is 23.3 Å². The zero-order valence-electron chi connectivity index (χ0n) is 22.2. The number of rotatable bonds is 7. The Morgan fingerprint density at radius 3 is 2.59 bits per heavy atom. The minimum absolute atomic E-state index is 0.0272. The molecule has 3 aliphatic heterocycles. The van der Waals surface area contributed by atoms with E-state index in [1.807, 2.05) is 0 Å². The number of morpholine rings is 1. The van der Waals surface area contributed by atoms with Crippen molar-refractivity contribution in [3.05, 3.63) is 35.4 Å². The second kappa shape index (κ2) is 9.71. The summed E-state index contributed by atoms with van der Waals surface area (Å²) in [6.45, 7) is 4.46. The van der Waals surface area contributed by atoms with E-state index in [0.717, 1.165) is 23.7 Å². The molecule has 0 saturated carbocycles. The number of nitrogens with one attached hydrogen (secondary N) is 2. The topological polar surface area (TPSA) is 135 Å². The monoisotopic (exact) mass is 585 g/mol. The molecule has 3 aromatic rings. The number of halogens is 2. The number of benzene rings is 2. The molecule has 2 N–H and O–H groups in total. The molecule has 0 radical (unpaired) electrons. The molecule has 4 heterocycles. The number of alkyl halides is 2. The number of nitriles is 1. The quantitative estimate of drug-likeness (QED) is 0.420. The van der Waals surface area contributed by atoms with Crippen LogP contribution in [0.2, 0.25) is 0 Å². The lowest BCUT2D eigenvalue weighted by molar-refractivity contribution is -0.286. The largest absolute Gasteiger partial charge is 0.586 e. The summed E-state index contributed by atoms with van der Waals surface area (Å²) in [5.41, 5.74) is -0.382. The molecule has 2 saturated heterocycles. The van der Waals surface area contributed by atoms with Crippen LogP contribution in [-0.2, 0) is 4.74 Å². The first-order valence-electron chi connectivity index (χ1n) is 12.8. The van der Waals surface area contributed by atoms with Crippen LogP contribution in [0.3, 0.4) is 0 Å². The maximum Gasteiger partial charge on any atom is 0.586 e. The molecule has 3 aliphatic rings. The van der Waals surface area contributed by atoms with Crippen LogP contribution in [0, 0.1) is 16.7 Å². The van der Waals surface area contributed by atoms with Crippen molar-refractivity contribution in [3.63, 3.8) is 0 Å². The van der Waals surface area contributed by atoms with E-state index in [1.165, 1.54) is 18.4 Å². The standard InChI is InChI=1S/C27H25F2N5O6S/c1-26(2,11-30)12-31-23(35)15-7-19-20(40-27(28,29)39-19)8-17(15)32-24(36)21-18(37-3)5-4-16-22(21)41-25(33-16)34-13-6-14(34)10-38-9-13/h4-5,7-8,13-14H,6,9-10,12H2,1-3H3,(H,31,35)(H,32,36). The van der Waals surface area contributed by atoms with Gasteiger partial charge >= 0.3 is 6.29 Å². The molecule has 0 spiro atoms. The van der Waals surface area contributed by atoms with Gasteiger partial charge in [0.2, 0.25) is 0 Å². The minimum atomic E-state index is -3.93. The van der Waals surface area contributed by atoms with Gasteiger partial charge in [0.1, 0.15) is 11.3 Å². The van der Waals surface area contributed by atoms with Gasteiger partial charge in [-0.2, -0.15) is 5.26 Å². The van der Waals surface area contributed by atoms with Crippen molar-refractivity contribution in [1.82, 2.24) is 10.3 Å². The number of amides is 2. The van der Waals surface area contributed by atoms with Crippen LogP contribution in [0.1, 0.15) is 41.0 Å². The normalized spacial score (nSPS) is 20.2. The molecule has 11 nitrogen and oxygen atoms in total. The third-order valence-electron chi connectivity index (χ3n) is 7.16. The number of carbonyl (C=O) groups excluding carboxylic acids is 2. The number of fused-ring (bicyclic) bond motifs is 4. The minimum Gasteiger partial charge on any atom is -0.496 e. The van der Waals surface area contributed by atoms with Crippen molar-refractivity contribution >= 4 is 44.2 Å². The van der Waals surface area contributed by atoms with Gasteiger partial charge < -0.3 is 34.5 Å². The summed E-state index contributed by atoms with van der Waals surface area (Å²) >= 11 is 1.34. The third kappa shape index (κ3) is 4.85. The molecule has 214 valence electrons. The van der Waals surface area contributed by atoms with Crippen LogP contribution in [0.5, 0.6) is 17.2 Å². The highest BCUT2D eigenvalue weighted by atomic mass is 32.1. The summed E-state index contributed by atoms with van der Waals surface area (Å²) in [7, 11) is 1.43. The van der Waals surface area contributed by atoms with Gasteiger partial charge in [-0.3, -0.25) is 9.59 Å². The number of hydrogen-bond donors (Lipinski definition) is 2. The molecule has 2 fully saturated rings. The SMILES string of the molecule is COc1ccc2nc(N3C4COCC3C4)sc2c1C(=O)Nc1cc2c(cc1C(=O)NCC(C)(C)C#N)OC(F)(F)O2. The van der Waals surface area contributed by atoms with E-state index < -0.39 is 23.5 Å². The summed E-state index contributed by atoms with van der Waals surface area (Å²) in [4.78, 5) is 33.9. The predicted molar refractivity (Wildman–Crippen MR) is 144 cm³/mol. The van der Waals surface area contributed by atoms with Crippen molar-refractivity contribution in [2.24, 2.45) is 5.41 Å². The first-order chi connectivity index (χ1) is 19.5. The van der Waals surface area contributed by atoms with Gasteiger partial charge in [0, 0.05) is 12.6 Å². The van der Waals surface area contributed by atoms with E-state index in [-0.39, 0.29) is 52.7 Å². The van der Waals surface area contributed by atoms with Crippen molar-refractivity contribution in [1.29, 1.82) is 5.26 Å². The Hall–Kier alpha value is -4.22. The average molecular weight is 586 g/mol.